The van der Waals surface area contributed by atoms with Crippen LogP contribution in [0.1, 0.15) is 26.5 Å². The highest BCUT2D eigenvalue weighted by atomic mass is 16.5. The number of allylic oxidation sites excluding steroid dienone is 1. The summed E-state index contributed by atoms with van der Waals surface area (Å²) in [6.07, 6.45) is 3.02. The molecule has 2 aromatic carbocycles. The summed E-state index contributed by atoms with van der Waals surface area (Å²) < 4.78 is 21.1. The Balaban J connectivity index is 1.57. The Morgan fingerprint density at radius 2 is 1.93 bits per heavy atom. The van der Waals surface area contributed by atoms with Crippen LogP contribution in [0.15, 0.2) is 71.0 Å². The second kappa shape index (κ2) is 6.84. The highest BCUT2D eigenvalue weighted by molar-refractivity contribution is 6.14. The van der Waals surface area contributed by atoms with Crippen LogP contribution in [0.3, 0.4) is 0 Å². The number of fused-ring (bicyclic) bond motifs is 1. The molecule has 1 aromatic heterocycles. The summed E-state index contributed by atoms with van der Waals surface area (Å²) in [5.74, 6) is 0.677. The Morgan fingerprint density at radius 3 is 2.70 bits per heavy atom. The maximum atomic E-state index is 12.5. The van der Waals surface area contributed by atoms with Gasteiger partial charge in [0.05, 0.1) is 18.9 Å². The first-order valence-electron chi connectivity index (χ1n) is 8.12. The lowest BCUT2D eigenvalue weighted by atomic mass is 10.1. The molecule has 1 aliphatic rings. The van der Waals surface area contributed by atoms with Gasteiger partial charge >= 0.3 is 5.97 Å². The van der Waals surface area contributed by atoms with Gasteiger partial charge in [-0.3, -0.25) is 4.79 Å². The highest BCUT2D eigenvalue weighted by Crippen LogP contribution is 2.35. The van der Waals surface area contributed by atoms with E-state index >= 15 is 0 Å². The average Bonchev–Trinajstić information content (AvgIpc) is 3.31. The van der Waals surface area contributed by atoms with Crippen molar-refractivity contribution < 1.29 is 28.2 Å². The second-order valence-corrected chi connectivity index (χ2v) is 5.74. The van der Waals surface area contributed by atoms with Gasteiger partial charge in [0.15, 0.2) is 5.76 Å². The maximum Gasteiger partial charge on any atom is 0.379 e. The first-order chi connectivity index (χ1) is 13.1. The summed E-state index contributed by atoms with van der Waals surface area (Å²) in [7, 11) is 1.57. The van der Waals surface area contributed by atoms with E-state index < -0.39 is 5.97 Å². The molecule has 0 radical (unpaired) electrons. The van der Waals surface area contributed by atoms with Crippen LogP contribution in [0, 0.1) is 0 Å². The zero-order valence-corrected chi connectivity index (χ0v) is 14.3. The third-order valence-corrected chi connectivity index (χ3v) is 3.97. The van der Waals surface area contributed by atoms with Gasteiger partial charge in [-0.1, -0.05) is 12.1 Å². The molecule has 0 fully saturated rings. The van der Waals surface area contributed by atoms with Crippen molar-refractivity contribution in [3.05, 3.63) is 83.5 Å². The number of carbonyl (C=O) groups is 2. The first-order valence-corrected chi connectivity index (χ1v) is 8.12. The summed E-state index contributed by atoms with van der Waals surface area (Å²) in [5, 5.41) is 0. The third-order valence-electron chi connectivity index (χ3n) is 3.97. The quantitative estimate of drug-likeness (QED) is 0.395. The summed E-state index contributed by atoms with van der Waals surface area (Å²) in [5.41, 5.74) is 1.18. The average molecular weight is 362 g/mol. The van der Waals surface area contributed by atoms with Crippen LogP contribution in [-0.2, 0) is 0 Å². The van der Waals surface area contributed by atoms with Crippen LogP contribution >= 0.6 is 0 Å². The molecule has 27 heavy (non-hydrogen) atoms. The molecule has 0 saturated carbocycles. The minimum absolute atomic E-state index is 0.0890. The van der Waals surface area contributed by atoms with Crippen LogP contribution in [0.5, 0.6) is 17.2 Å². The van der Waals surface area contributed by atoms with Crippen molar-refractivity contribution in [2.75, 3.05) is 7.11 Å². The minimum atomic E-state index is -0.628. The zero-order chi connectivity index (χ0) is 18.8. The molecule has 0 saturated heterocycles. The lowest BCUT2D eigenvalue weighted by Crippen LogP contribution is -2.07. The molecular weight excluding hydrogens is 348 g/mol. The number of ketones is 1. The van der Waals surface area contributed by atoms with E-state index in [1.54, 1.807) is 31.4 Å². The van der Waals surface area contributed by atoms with E-state index in [0.717, 1.165) is 5.56 Å². The van der Waals surface area contributed by atoms with Crippen molar-refractivity contribution >= 4 is 17.8 Å². The Bertz CT molecular complexity index is 1050. The molecule has 0 amide bonds. The number of benzene rings is 2. The Morgan fingerprint density at radius 1 is 1.04 bits per heavy atom. The van der Waals surface area contributed by atoms with Crippen molar-refractivity contribution in [2.24, 2.45) is 0 Å². The number of hydrogen-bond acceptors (Lipinski definition) is 6. The summed E-state index contributed by atoms with van der Waals surface area (Å²) >= 11 is 0. The first kappa shape index (κ1) is 16.7. The van der Waals surface area contributed by atoms with E-state index in [1.807, 2.05) is 18.2 Å². The fourth-order valence-electron chi connectivity index (χ4n) is 2.67. The number of hydrogen-bond donors (Lipinski definition) is 0. The van der Waals surface area contributed by atoms with E-state index in [9.17, 15) is 9.59 Å². The van der Waals surface area contributed by atoms with E-state index in [4.69, 9.17) is 18.6 Å². The number of Topliss-reactive ketones (excluding diaryl/α,β-unsaturated/α-hetero) is 1. The molecule has 0 spiro atoms. The molecule has 0 bridgehead atoms. The molecule has 1 aliphatic heterocycles. The summed E-state index contributed by atoms with van der Waals surface area (Å²) in [4.78, 5) is 24.5. The largest absolute Gasteiger partial charge is 0.497 e. The zero-order valence-electron chi connectivity index (χ0n) is 14.3. The fraction of sp³-hybridized carbons (Fsp3) is 0.0476. The topological polar surface area (TPSA) is 75.0 Å². The second-order valence-electron chi connectivity index (χ2n) is 5.74. The van der Waals surface area contributed by atoms with Crippen molar-refractivity contribution in [1.29, 1.82) is 0 Å². The van der Waals surface area contributed by atoms with Gasteiger partial charge in [-0.2, -0.15) is 0 Å². The predicted octanol–water partition coefficient (Wildman–Crippen LogP) is 4.12. The van der Waals surface area contributed by atoms with Crippen LogP contribution in [-0.4, -0.2) is 18.9 Å². The number of rotatable bonds is 4. The molecule has 4 rings (SSSR count). The number of methoxy groups -OCH3 is 1. The van der Waals surface area contributed by atoms with E-state index in [0.29, 0.717) is 17.1 Å². The molecule has 0 N–H and O–H groups in total. The minimum Gasteiger partial charge on any atom is -0.497 e. The Labute approximate surface area is 154 Å². The van der Waals surface area contributed by atoms with Gasteiger partial charge in [0, 0.05) is 6.07 Å². The number of carbonyl (C=O) groups excluding carboxylic acids is 2. The van der Waals surface area contributed by atoms with E-state index in [-0.39, 0.29) is 23.1 Å². The Kier molecular flexibility index (Phi) is 4.22. The molecule has 2 heterocycles. The van der Waals surface area contributed by atoms with Crippen LogP contribution in [0.25, 0.3) is 6.08 Å². The van der Waals surface area contributed by atoms with Crippen LogP contribution in [0.4, 0.5) is 0 Å². The van der Waals surface area contributed by atoms with Crippen LogP contribution in [0.2, 0.25) is 0 Å². The molecule has 3 aromatic rings. The number of ether oxygens (including phenoxy) is 3. The number of furan rings is 1. The lowest BCUT2D eigenvalue weighted by Gasteiger charge is -2.04. The van der Waals surface area contributed by atoms with Gasteiger partial charge in [0.25, 0.3) is 0 Å². The molecule has 134 valence electrons. The monoisotopic (exact) mass is 362 g/mol. The summed E-state index contributed by atoms with van der Waals surface area (Å²) in [6.45, 7) is 0. The number of esters is 1. The Hall–Kier alpha value is -3.80. The third kappa shape index (κ3) is 3.32. The van der Waals surface area contributed by atoms with Gasteiger partial charge in [0.1, 0.15) is 17.2 Å². The van der Waals surface area contributed by atoms with Gasteiger partial charge in [0.2, 0.25) is 11.5 Å². The SMILES string of the molecule is COc1cccc(/C=C2\Oc3cc(OC(=O)c4ccco4)ccc3C2=O)c1. The van der Waals surface area contributed by atoms with E-state index in [1.165, 1.54) is 24.5 Å². The molecular formula is C21H14O6. The standard InChI is InChI=1S/C21H14O6/c1-24-14-5-2-4-13(10-14)11-19-20(22)16-8-7-15(12-18(16)27-19)26-21(23)17-6-3-9-25-17/h2-12H,1H3/b19-11-. The molecule has 0 aliphatic carbocycles. The van der Waals surface area contributed by atoms with Crippen molar-refractivity contribution in [1.82, 2.24) is 0 Å². The smallest absolute Gasteiger partial charge is 0.379 e. The van der Waals surface area contributed by atoms with Gasteiger partial charge in [-0.25, -0.2) is 4.79 Å². The molecule has 6 heteroatoms. The highest BCUT2D eigenvalue weighted by Gasteiger charge is 2.28. The van der Waals surface area contributed by atoms with E-state index in [2.05, 4.69) is 0 Å². The van der Waals surface area contributed by atoms with Crippen molar-refractivity contribution in [2.45, 2.75) is 0 Å². The lowest BCUT2D eigenvalue weighted by molar-refractivity contribution is 0.0701. The summed E-state index contributed by atoms with van der Waals surface area (Å²) in [6, 6.07) is 15.0. The fourth-order valence-corrected chi connectivity index (χ4v) is 2.67. The van der Waals surface area contributed by atoms with Gasteiger partial charge < -0.3 is 18.6 Å². The molecule has 6 nitrogen and oxygen atoms in total. The van der Waals surface area contributed by atoms with Crippen molar-refractivity contribution in [3.63, 3.8) is 0 Å². The maximum absolute atomic E-state index is 12.5. The molecule has 0 unspecified atom stereocenters. The van der Waals surface area contributed by atoms with Crippen molar-refractivity contribution in [3.8, 4) is 17.2 Å². The predicted molar refractivity (Wildman–Crippen MR) is 96.0 cm³/mol. The van der Waals surface area contributed by atoms with Gasteiger partial charge in [-0.15, -0.1) is 0 Å². The van der Waals surface area contributed by atoms with Crippen LogP contribution < -0.4 is 14.2 Å². The van der Waals surface area contributed by atoms with Gasteiger partial charge in [-0.05, 0) is 48.0 Å². The normalized spacial score (nSPS) is 14.0. The molecule has 0 atom stereocenters.